The third-order valence-electron chi connectivity index (χ3n) is 3.28. The van der Waals surface area contributed by atoms with Crippen LogP contribution in [0.2, 0.25) is 0 Å². The van der Waals surface area contributed by atoms with Crippen LogP contribution in [0, 0.1) is 17.8 Å². The van der Waals surface area contributed by atoms with Crippen molar-refractivity contribution in [3.05, 3.63) is 0 Å². The maximum atomic E-state index is 5.63. The molecule has 0 amide bonds. The van der Waals surface area contributed by atoms with Crippen LogP contribution in [-0.2, 0) is 9.47 Å². The average molecular weight is 180 g/mol. The Morgan fingerprint density at radius 1 is 1.08 bits per heavy atom. The van der Waals surface area contributed by atoms with Crippen molar-refractivity contribution in [3.63, 3.8) is 0 Å². The monoisotopic (exact) mass is 180 g/mol. The fraction of sp³-hybridized carbons (Fsp3) is 0.818. The van der Waals surface area contributed by atoms with Crippen LogP contribution in [0.25, 0.3) is 0 Å². The zero-order valence-electron chi connectivity index (χ0n) is 8.14. The Morgan fingerprint density at radius 2 is 1.62 bits per heavy atom. The van der Waals surface area contributed by atoms with Gasteiger partial charge in [-0.15, -0.1) is 12.3 Å². The molecule has 1 saturated carbocycles. The molecule has 2 nitrogen and oxygen atoms in total. The molecule has 0 radical (unpaired) electrons. The third-order valence-corrected chi connectivity index (χ3v) is 3.28. The van der Waals surface area contributed by atoms with Gasteiger partial charge in [0.05, 0.1) is 13.2 Å². The summed E-state index contributed by atoms with van der Waals surface area (Å²) in [5, 5.41) is 0. The molecule has 1 heterocycles. The van der Waals surface area contributed by atoms with Crippen LogP contribution in [0.4, 0.5) is 0 Å². The summed E-state index contributed by atoms with van der Waals surface area (Å²) in [6, 6.07) is 0. The standard InChI is InChI=1S/C11H16O2/c1-3-10(2)4-6-11(7-5-10)12-8-9-13-11/h1H,4-9H2,2H3. The summed E-state index contributed by atoms with van der Waals surface area (Å²) in [5.74, 6) is 2.61. The van der Waals surface area contributed by atoms with Crippen LogP contribution >= 0.6 is 0 Å². The molecule has 0 bridgehead atoms. The molecule has 72 valence electrons. The van der Waals surface area contributed by atoms with E-state index in [2.05, 4.69) is 12.8 Å². The first-order valence-electron chi connectivity index (χ1n) is 4.94. The van der Waals surface area contributed by atoms with E-state index in [-0.39, 0.29) is 11.2 Å². The molecule has 0 aromatic carbocycles. The van der Waals surface area contributed by atoms with Crippen LogP contribution in [0.3, 0.4) is 0 Å². The highest BCUT2D eigenvalue weighted by Crippen LogP contribution is 2.43. The van der Waals surface area contributed by atoms with Gasteiger partial charge in [0, 0.05) is 18.3 Å². The van der Waals surface area contributed by atoms with Gasteiger partial charge in [0.2, 0.25) is 0 Å². The van der Waals surface area contributed by atoms with E-state index in [1.54, 1.807) is 0 Å². The highest BCUT2D eigenvalue weighted by molar-refractivity contribution is 5.06. The van der Waals surface area contributed by atoms with E-state index < -0.39 is 0 Å². The van der Waals surface area contributed by atoms with Crippen LogP contribution < -0.4 is 0 Å². The van der Waals surface area contributed by atoms with Gasteiger partial charge in [-0.3, -0.25) is 0 Å². The molecule has 1 aliphatic heterocycles. The molecule has 0 unspecified atom stereocenters. The summed E-state index contributed by atoms with van der Waals surface area (Å²) < 4.78 is 11.3. The molecule has 0 aromatic rings. The predicted octanol–water partition coefficient (Wildman–Crippen LogP) is 1.94. The Bertz CT molecular complexity index is 223. The Hall–Kier alpha value is -0.520. The van der Waals surface area contributed by atoms with Gasteiger partial charge in [0.1, 0.15) is 0 Å². The minimum absolute atomic E-state index is 0.0700. The van der Waals surface area contributed by atoms with Crippen molar-refractivity contribution in [3.8, 4) is 12.3 Å². The highest BCUT2D eigenvalue weighted by Gasteiger charge is 2.43. The normalized spacial score (nSPS) is 30.2. The Balaban J connectivity index is 2.00. The first-order chi connectivity index (χ1) is 6.18. The number of hydrogen-bond donors (Lipinski definition) is 0. The molecule has 1 saturated heterocycles. The van der Waals surface area contributed by atoms with Crippen LogP contribution in [0.5, 0.6) is 0 Å². The fourth-order valence-electron chi connectivity index (χ4n) is 2.11. The van der Waals surface area contributed by atoms with Crippen molar-refractivity contribution >= 4 is 0 Å². The topological polar surface area (TPSA) is 18.5 Å². The van der Waals surface area contributed by atoms with Gasteiger partial charge in [-0.2, -0.15) is 0 Å². The third kappa shape index (κ3) is 1.59. The molecular formula is C11H16O2. The van der Waals surface area contributed by atoms with E-state index in [4.69, 9.17) is 15.9 Å². The van der Waals surface area contributed by atoms with E-state index in [1.807, 2.05) is 0 Å². The Kier molecular flexibility index (Phi) is 2.09. The predicted molar refractivity (Wildman–Crippen MR) is 50.0 cm³/mol. The van der Waals surface area contributed by atoms with E-state index in [0.717, 1.165) is 38.9 Å². The lowest BCUT2D eigenvalue weighted by Crippen LogP contribution is -2.38. The largest absolute Gasteiger partial charge is 0.348 e. The molecule has 1 aliphatic carbocycles. The van der Waals surface area contributed by atoms with E-state index in [1.165, 1.54) is 0 Å². The van der Waals surface area contributed by atoms with E-state index in [0.29, 0.717) is 0 Å². The zero-order chi connectivity index (χ0) is 9.36. The van der Waals surface area contributed by atoms with Gasteiger partial charge in [0.25, 0.3) is 0 Å². The van der Waals surface area contributed by atoms with Gasteiger partial charge in [0.15, 0.2) is 5.79 Å². The fourth-order valence-corrected chi connectivity index (χ4v) is 2.11. The maximum absolute atomic E-state index is 5.63. The number of ether oxygens (including phenoxy) is 2. The summed E-state index contributed by atoms with van der Waals surface area (Å²) in [6.07, 6.45) is 9.43. The molecular weight excluding hydrogens is 164 g/mol. The van der Waals surface area contributed by atoms with Gasteiger partial charge in [-0.25, -0.2) is 0 Å². The lowest BCUT2D eigenvalue weighted by molar-refractivity contribution is -0.186. The number of rotatable bonds is 0. The minimum atomic E-state index is -0.268. The molecule has 0 atom stereocenters. The van der Waals surface area contributed by atoms with Crippen LogP contribution in [0.15, 0.2) is 0 Å². The first kappa shape index (κ1) is 9.05. The van der Waals surface area contributed by atoms with Crippen molar-refractivity contribution < 1.29 is 9.47 Å². The molecule has 13 heavy (non-hydrogen) atoms. The molecule has 0 N–H and O–H groups in total. The second-order valence-corrected chi connectivity index (χ2v) is 4.31. The Morgan fingerprint density at radius 3 is 2.08 bits per heavy atom. The molecule has 1 spiro atoms. The maximum Gasteiger partial charge on any atom is 0.168 e. The van der Waals surface area contributed by atoms with Crippen molar-refractivity contribution in [1.82, 2.24) is 0 Å². The smallest absolute Gasteiger partial charge is 0.168 e. The molecule has 2 rings (SSSR count). The van der Waals surface area contributed by atoms with Crippen LogP contribution in [-0.4, -0.2) is 19.0 Å². The van der Waals surface area contributed by atoms with E-state index in [9.17, 15) is 0 Å². The molecule has 0 aromatic heterocycles. The SMILES string of the molecule is C#CC1(C)CCC2(CC1)OCCO2. The molecule has 2 fully saturated rings. The minimum Gasteiger partial charge on any atom is -0.348 e. The second-order valence-electron chi connectivity index (χ2n) is 4.31. The number of hydrogen-bond acceptors (Lipinski definition) is 2. The summed E-state index contributed by atoms with van der Waals surface area (Å²) in [4.78, 5) is 0. The first-order valence-corrected chi connectivity index (χ1v) is 4.94. The quantitative estimate of drug-likeness (QED) is 0.530. The highest BCUT2D eigenvalue weighted by atomic mass is 16.7. The zero-order valence-corrected chi connectivity index (χ0v) is 8.14. The van der Waals surface area contributed by atoms with Gasteiger partial charge >= 0.3 is 0 Å². The molecule has 2 aliphatic rings. The number of terminal acetylenes is 1. The van der Waals surface area contributed by atoms with Crippen LogP contribution in [0.1, 0.15) is 32.6 Å². The molecule has 2 heteroatoms. The van der Waals surface area contributed by atoms with Crippen molar-refractivity contribution in [2.24, 2.45) is 5.41 Å². The second kappa shape index (κ2) is 3.01. The summed E-state index contributed by atoms with van der Waals surface area (Å²) in [6.45, 7) is 3.63. The van der Waals surface area contributed by atoms with Crippen molar-refractivity contribution in [2.75, 3.05) is 13.2 Å². The summed E-state index contributed by atoms with van der Waals surface area (Å²) >= 11 is 0. The lowest BCUT2D eigenvalue weighted by Gasteiger charge is -2.38. The lowest BCUT2D eigenvalue weighted by atomic mass is 9.74. The Labute approximate surface area is 79.6 Å². The van der Waals surface area contributed by atoms with Gasteiger partial charge < -0.3 is 9.47 Å². The van der Waals surface area contributed by atoms with E-state index >= 15 is 0 Å². The summed E-state index contributed by atoms with van der Waals surface area (Å²) in [5.41, 5.74) is 0.0700. The van der Waals surface area contributed by atoms with Gasteiger partial charge in [-0.05, 0) is 19.8 Å². The summed E-state index contributed by atoms with van der Waals surface area (Å²) in [7, 11) is 0. The van der Waals surface area contributed by atoms with Gasteiger partial charge in [-0.1, -0.05) is 0 Å². The van der Waals surface area contributed by atoms with Crippen molar-refractivity contribution in [2.45, 2.75) is 38.4 Å². The van der Waals surface area contributed by atoms with Crippen molar-refractivity contribution in [1.29, 1.82) is 0 Å². The average Bonchev–Trinajstić information content (AvgIpc) is 2.61.